The summed E-state index contributed by atoms with van der Waals surface area (Å²) in [7, 11) is 0. The number of hydrogen-bond acceptors (Lipinski definition) is 7. The van der Waals surface area contributed by atoms with Crippen molar-refractivity contribution in [1.82, 2.24) is 19.9 Å². The van der Waals surface area contributed by atoms with Crippen LogP contribution in [0.3, 0.4) is 0 Å². The van der Waals surface area contributed by atoms with Crippen LogP contribution in [0.4, 0.5) is 28.6 Å². The molecule has 2 aromatic carbocycles. The summed E-state index contributed by atoms with van der Waals surface area (Å²) in [5, 5.41) is 6.12. The molecule has 186 valence electrons. The van der Waals surface area contributed by atoms with E-state index in [4.69, 9.17) is 4.74 Å². The predicted molar refractivity (Wildman–Crippen MR) is 124 cm³/mol. The van der Waals surface area contributed by atoms with Gasteiger partial charge in [0.1, 0.15) is 12.4 Å². The minimum atomic E-state index is -4.80. The van der Waals surface area contributed by atoms with Crippen LogP contribution in [-0.4, -0.2) is 53.2 Å². The summed E-state index contributed by atoms with van der Waals surface area (Å²) in [6.45, 7) is 2.53. The third kappa shape index (κ3) is 5.98. The zero-order valence-electron chi connectivity index (χ0n) is 18.5. The fraction of sp³-hybridized carbons (Fsp3) is 0.318. The Morgan fingerprint density at radius 1 is 1.14 bits per heavy atom. The van der Waals surface area contributed by atoms with Crippen molar-refractivity contribution < 1.29 is 31.8 Å². The molecule has 0 saturated carbocycles. The number of hydrogen-bond donors (Lipinski definition) is 2. The molecule has 8 nitrogen and oxygen atoms in total. The van der Waals surface area contributed by atoms with Gasteiger partial charge in [0.05, 0.1) is 34.4 Å². The van der Waals surface area contributed by atoms with Crippen LogP contribution in [-0.2, 0) is 11.3 Å². The van der Waals surface area contributed by atoms with Crippen molar-refractivity contribution in [3.63, 3.8) is 0 Å². The van der Waals surface area contributed by atoms with E-state index in [1.54, 1.807) is 22.8 Å². The van der Waals surface area contributed by atoms with E-state index in [-0.39, 0.29) is 24.1 Å². The van der Waals surface area contributed by atoms with Crippen molar-refractivity contribution in [1.29, 1.82) is 0 Å². The Morgan fingerprint density at radius 2 is 1.97 bits per heavy atom. The molecule has 2 N–H and O–H groups in total. The molecule has 0 atom stereocenters. The highest BCUT2D eigenvalue weighted by Gasteiger charge is 2.31. The summed E-state index contributed by atoms with van der Waals surface area (Å²) in [5.74, 6) is -0.349. The first-order chi connectivity index (χ1) is 16.8. The second-order valence-corrected chi connectivity index (χ2v) is 8.28. The Morgan fingerprint density at radius 3 is 2.71 bits per heavy atom. The highest BCUT2D eigenvalue weighted by Crippen LogP contribution is 2.33. The molecule has 0 saturated heterocycles. The van der Waals surface area contributed by atoms with Crippen molar-refractivity contribution in [2.24, 2.45) is 0 Å². The summed E-state index contributed by atoms with van der Waals surface area (Å²) in [6, 6.07) is 8.74. The Bertz CT molecular complexity index is 1340. The monoisotopic (exact) mass is 511 g/mol. The van der Waals surface area contributed by atoms with E-state index in [0.717, 1.165) is 11.3 Å². The number of nitrogens with zero attached hydrogens (tertiary/aromatic N) is 3. The van der Waals surface area contributed by atoms with Crippen LogP contribution in [0.15, 0.2) is 36.4 Å². The van der Waals surface area contributed by atoms with Gasteiger partial charge in [0, 0.05) is 24.8 Å². The molecule has 0 spiro atoms. The maximum atomic E-state index is 13.3. The van der Waals surface area contributed by atoms with Gasteiger partial charge in [0.25, 0.3) is 5.91 Å². The fourth-order valence-corrected chi connectivity index (χ4v) is 4.30. The van der Waals surface area contributed by atoms with E-state index in [0.29, 0.717) is 51.7 Å². The number of aryl methyl sites for hydroxylation is 1. The molecule has 0 radical (unpaired) electrons. The number of aromatic nitrogens is 3. The highest BCUT2D eigenvalue weighted by atomic mass is 32.1. The molecular weight excluding hydrogens is 490 g/mol. The Labute approximate surface area is 200 Å². The van der Waals surface area contributed by atoms with Crippen LogP contribution in [0, 0.1) is 0 Å². The van der Waals surface area contributed by atoms with Gasteiger partial charge < -0.3 is 24.7 Å². The van der Waals surface area contributed by atoms with Gasteiger partial charge in [-0.2, -0.15) is 0 Å². The van der Waals surface area contributed by atoms with Crippen LogP contribution in [0.5, 0.6) is 5.75 Å². The van der Waals surface area contributed by atoms with E-state index in [1.807, 2.05) is 6.92 Å². The molecule has 35 heavy (non-hydrogen) atoms. The van der Waals surface area contributed by atoms with Crippen LogP contribution in [0.2, 0.25) is 0 Å². The number of alkyl halides is 4. The summed E-state index contributed by atoms with van der Waals surface area (Å²) < 4.78 is 62.0. The van der Waals surface area contributed by atoms with Crippen molar-refractivity contribution >= 4 is 49.6 Å². The summed E-state index contributed by atoms with van der Waals surface area (Å²) >= 11 is 1.10. The van der Waals surface area contributed by atoms with Gasteiger partial charge in [-0.15, -0.1) is 13.2 Å². The molecule has 0 aliphatic rings. The number of amides is 1. The lowest BCUT2D eigenvalue weighted by Crippen LogP contribution is -2.27. The quantitative estimate of drug-likeness (QED) is 0.230. The van der Waals surface area contributed by atoms with Crippen molar-refractivity contribution in [3.05, 3.63) is 42.0 Å². The van der Waals surface area contributed by atoms with Crippen LogP contribution in [0.1, 0.15) is 17.3 Å². The number of fused-ring (bicyclic) bond motifs is 2. The number of carbonyl (C=O) groups excluding carboxylic acids is 1. The lowest BCUT2D eigenvalue weighted by molar-refractivity contribution is -0.274. The number of nitrogens with one attached hydrogen (secondary N) is 2. The molecule has 0 unspecified atom stereocenters. The SMILES string of the molecule is CCOCCNC(=O)c1ccc2c(c1)nc(Nc1nc3ccc(OC(F)(F)F)cc3s1)n2CCF. The molecular formula is C22H21F4N5O3S. The Kier molecular flexibility index (Phi) is 7.36. The molecule has 0 fully saturated rings. The second-order valence-electron chi connectivity index (χ2n) is 7.25. The Balaban J connectivity index is 1.58. The standard InChI is InChI=1S/C22H21F4N5O3S/c1-2-33-10-8-27-19(32)13-3-6-17-16(11-13)28-20(31(17)9-7-23)30-21-29-15-5-4-14(12-18(15)35-21)34-22(24,25)26/h3-6,11-12H,2,7-10H2,1H3,(H,27,32)(H,28,29,30). The van der Waals surface area contributed by atoms with E-state index >= 15 is 0 Å². The van der Waals surface area contributed by atoms with Gasteiger partial charge in [-0.05, 0) is 37.3 Å². The number of thiazole rings is 1. The van der Waals surface area contributed by atoms with Gasteiger partial charge in [0.15, 0.2) is 5.13 Å². The lowest BCUT2D eigenvalue weighted by Gasteiger charge is -2.07. The second kappa shape index (κ2) is 10.4. The normalized spacial score (nSPS) is 11.8. The number of benzene rings is 2. The van der Waals surface area contributed by atoms with Crippen molar-refractivity contribution in [2.45, 2.75) is 19.8 Å². The van der Waals surface area contributed by atoms with Gasteiger partial charge in [-0.3, -0.25) is 4.79 Å². The molecule has 4 aromatic rings. The fourth-order valence-electron chi connectivity index (χ4n) is 3.41. The zero-order chi connectivity index (χ0) is 25.0. The predicted octanol–water partition coefficient (Wildman–Crippen LogP) is 5.02. The van der Waals surface area contributed by atoms with E-state index in [1.165, 1.54) is 18.2 Å². The maximum absolute atomic E-state index is 13.3. The molecule has 0 bridgehead atoms. The number of imidazole rings is 1. The maximum Gasteiger partial charge on any atom is 0.573 e. The first-order valence-electron chi connectivity index (χ1n) is 10.6. The van der Waals surface area contributed by atoms with Gasteiger partial charge in [0.2, 0.25) is 5.95 Å². The molecule has 0 aliphatic carbocycles. The number of anilines is 2. The Hall–Kier alpha value is -3.45. The van der Waals surface area contributed by atoms with E-state index in [2.05, 4.69) is 25.3 Å². The lowest BCUT2D eigenvalue weighted by atomic mass is 10.2. The smallest absolute Gasteiger partial charge is 0.406 e. The van der Waals surface area contributed by atoms with Gasteiger partial charge >= 0.3 is 6.36 Å². The number of halogens is 4. The van der Waals surface area contributed by atoms with Crippen LogP contribution >= 0.6 is 11.3 Å². The molecule has 4 rings (SSSR count). The number of ether oxygens (including phenoxy) is 2. The average Bonchev–Trinajstić information content (AvgIpc) is 3.35. The molecule has 2 heterocycles. The van der Waals surface area contributed by atoms with Gasteiger partial charge in [-0.25, -0.2) is 14.4 Å². The first kappa shape index (κ1) is 24.7. The number of rotatable bonds is 10. The molecule has 13 heteroatoms. The van der Waals surface area contributed by atoms with E-state index < -0.39 is 13.0 Å². The first-order valence-corrected chi connectivity index (χ1v) is 11.4. The minimum Gasteiger partial charge on any atom is -0.406 e. The van der Waals surface area contributed by atoms with Gasteiger partial charge in [-0.1, -0.05) is 11.3 Å². The topological polar surface area (TPSA) is 90.3 Å². The largest absolute Gasteiger partial charge is 0.573 e. The van der Waals surface area contributed by atoms with Crippen molar-refractivity contribution in [3.8, 4) is 5.75 Å². The zero-order valence-corrected chi connectivity index (χ0v) is 19.3. The molecule has 1 amide bonds. The van der Waals surface area contributed by atoms with E-state index in [9.17, 15) is 22.4 Å². The third-order valence-electron chi connectivity index (χ3n) is 4.87. The highest BCUT2D eigenvalue weighted by molar-refractivity contribution is 7.22. The summed E-state index contributed by atoms with van der Waals surface area (Å²) in [5.41, 5.74) is 1.94. The average molecular weight is 512 g/mol. The molecule has 0 aliphatic heterocycles. The number of carbonyl (C=O) groups is 1. The summed E-state index contributed by atoms with van der Waals surface area (Å²) in [4.78, 5) is 21.3. The third-order valence-corrected chi connectivity index (χ3v) is 5.80. The van der Waals surface area contributed by atoms with Crippen LogP contribution in [0.25, 0.3) is 21.3 Å². The van der Waals surface area contributed by atoms with Crippen LogP contribution < -0.4 is 15.4 Å². The summed E-state index contributed by atoms with van der Waals surface area (Å²) in [6.07, 6.45) is -4.80. The minimum absolute atomic E-state index is 0.00714. The van der Waals surface area contributed by atoms with Crippen molar-refractivity contribution in [2.75, 3.05) is 31.7 Å². The molecule has 2 aromatic heterocycles.